The van der Waals surface area contributed by atoms with Gasteiger partial charge < -0.3 is 10.2 Å². The molecular formula is C13H23N3. The number of pyridine rings is 1. The van der Waals surface area contributed by atoms with Crippen LogP contribution in [0.4, 0.5) is 0 Å². The molecule has 0 fully saturated rings. The van der Waals surface area contributed by atoms with Crippen molar-refractivity contribution in [3.63, 3.8) is 0 Å². The zero-order valence-electron chi connectivity index (χ0n) is 11.0. The fraction of sp³-hybridized carbons (Fsp3) is 0.615. The van der Waals surface area contributed by atoms with Gasteiger partial charge in [0.1, 0.15) is 0 Å². The average Bonchev–Trinajstić information content (AvgIpc) is 2.26. The van der Waals surface area contributed by atoms with E-state index in [1.807, 2.05) is 25.5 Å². The highest BCUT2D eigenvalue weighted by Crippen LogP contribution is 2.18. The molecule has 0 aliphatic heterocycles. The molecule has 0 saturated carbocycles. The Hall–Kier alpha value is -0.930. The molecule has 0 aliphatic rings. The van der Waals surface area contributed by atoms with E-state index in [1.165, 1.54) is 5.56 Å². The van der Waals surface area contributed by atoms with E-state index in [0.29, 0.717) is 6.04 Å². The van der Waals surface area contributed by atoms with E-state index in [-0.39, 0.29) is 5.54 Å². The van der Waals surface area contributed by atoms with Crippen LogP contribution in [0.2, 0.25) is 0 Å². The summed E-state index contributed by atoms with van der Waals surface area (Å²) in [6.45, 7) is 4.51. The quantitative estimate of drug-likeness (QED) is 0.817. The lowest BCUT2D eigenvalue weighted by Gasteiger charge is -2.40. The topological polar surface area (TPSA) is 28.2 Å². The van der Waals surface area contributed by atoms with Crippen LogP contribution in [0, 0.1) is 0 Å². The maximum Gasteiger partial charge on any atom is 0.0303 e. The number of likely N-dealkylation sites (N-methyl/N-ethyl adjacent to an activating group) is 2. The van der Waals surface area contributed by atoms with E-state index in [1.54, 1.807) is 0 Å². The van der Waals surface area contributed by atoms with Gasteiger partial charge >= 0.3 is 0 Å². The second kappa shape index (κ2) is 5.41. The monoisotopic (exact) mass is 221 g/mol. The first kappa shape index (κ1) is 13.1. The van der Waals surface area contributed by atoms with Crippen LogP contribution < -0.4 is 5.32 Å². The Kier molecular flexibility index (Phi) is 4.44. The van der Waals surface area contributed by atoms with Crippen LogP contribution in [0.5, 0.6) is 0 Å². The van der Waals surface area contributed by atoms with Crippen molar-refractivity contribution in [1.82, 2.24) is 15.2 Å². The smallest absolute Gasteiger partial charge is 0.0303 e. The number of nitrogens with one attached hydrogen (secondary N) is 1. The lowest BCUT2D eigenvalue weighted by molar-refractivity contribution is 0.141. The Balaban J connectivity index is 2.77. The minimum absolute atomic E-state index is 0.116. The predicted molar refractivity (Wildman–Crippen MR) is 68.6 cm³/mol. The lowest BCUT2D eigenvalue weighted by atomic mass is 9.88. The van der Waals surface area contributed by atoms with E-state index >= 15 is 0 Å². The standard InChI is InChI=1S/C13H23N3/c1-13(2,16(4)5)12(14-3)9-11-7-6-8-15-10-11/h6-8,10,12,14H,9H2,1-5H3. The molecule has 0 aliphatic carbocycles. The summed E-state index contributed by atoms with van der Waals surface area (Å²) >= 11 is 0. The highest BCUT2D eigenvalue weighted by Gasteiger charge is 2.30. The van der Waals surface area contributed by atoms with Crippen LogP contribution in [0.25, 0.3) is 0 Å². The summed E-state index contributed by atoms with van der Waals surface area (Å²) in [5, 5.41) is 3.40. The van der Waals surface area contributed by atoms with Crippen molar-refractivity contribution in [1.29, 1.82) is 0 Å². The minimum Gasteiger partial charge on any atom is -0.315 e. The van der Waals surface area contributed by atoms with Crippen LogP contribution in [-0.4, -0.2) is 42.6 Å². The van der Waals surface area contributed by atoms with Crippen molar-refractivity contribution in [2.45, 2.75) is 31.8 Å². The SMILES string of the molecule is CNC(Cc1cccnc1)C(C)(C)N(C)C. The molecule has 0 aromatic carbocycles. The molecule has 0 radical (unpaired) electrons. The Morgan fingerprint density at radius 3 is 2.56 bits per heavy atom. The van der Waals surface area contributed by atoms with Gasteiger partial charge in [-0.1, -0.05) is 6.07 Å². The number of hydrogen-bond donors (Lipinski definition) is 1. The van der Waals surface area contributed by atoms with Crippen molar-refractivity contribution in [3.8, 4) is 0 Å². The second-order valence-electron chi connectivity index (χ2n) is 4.95. The third-order valence-corrected chi connectivity index (χ3v) is 3.52. The highest BCUT2D eigenvalue weighted by molar-refractivity contribution is 5.12. The van der Waals surface area contributed by atoms with E-state index in [0.717, 1.165) is 6.42 Å². The lowest BCUT2D eigenvalue weighted by Crippen LogP contribution is -2.55. The summed E-state index contributed by atoms with van der Waals surface area (Å²) in [4.78, 5) is 6.41. The fourth-order valence-corrected chi connectivity index (χ4v) is 1.77. The van der Waals surface area contributed by atoms with Gasteiger partial charge in [0.15, 0.2) is 0 Å². The molecule has 0 amide bonds. The first-order valence-electron chi connectivity index (χ1n) is 5.72. The maximum absolute atomic E-state index is 4.16. The molecule has 1 rings (SSSR count). The van der Waals surface area contributed by atoms with Crippen LogP contribution in [0.15, 0.2) is 24.5 Å². The van der Waals surface area contributed by atoms with Crippen molar-refractivity contribution >= 4 is 0 Å². The van der Waals surface area contributed by atoms with Gasteiger partial charge in [-0.15, -0.1) is 0 Å². The van der Waals surface area contributed by atoms with E-state index < -0.39 is 0 Å². The molecule has 0 bridgehead atoms. The molecule has 3 heteroatoms. The molecule has 1 unspecified atom stereocenters. The van der Waals surface area contributed by atoms with Gasteiger partial charge in [-0.2, -0.15) is 0 Å². The molecule has 3 nitrogen and oxygen atoms in total. The normalized spacial score (nSPS) is 14.1. The van der Waals surface area contributed by atoms with Gasteiger partial charge in [-0.3, -0.25) is 4.98 Å². The Morgan fingerprint density at radius 1 is 1.44 bits per heavy atom. The maximum atomic E-state index is 4.16. The Morgan fingerprint density at radius 2 is 2.12 bits per heavy atom. The third kappa shape index (κ3) is 3.03. The first-order chi connectivity index (χ1) is 7.48. The number of hydrogen-bond acceptors (Lipinski definition) is 3. The summed E-state index contributed by atoms with van der Waals surface area (Å²) in [7, 11) is 6.26. The number of nitrogens with zero attached hydrogens (tertiary/aromatic N) is 2. The highest BCUT2D eigenvalue weighted by atomic mass is 15.2. The summed E-state index contributed by atoms with van der Waals surface area (Å²) in [6, 6.07) is 4.53. The molecule has 0 spiro atoms. The van der Waals surface area contributed by atoms with Gasteiger partial charge in [0.05, 0.1) is 0 Å². The van der Waals surface area contributed by atoms with Crippen molar-refractivity contribution < 1.29 is 0 Å². The zero-order chi connectivity index (χ0) is 12.2. The summed E-state index contributed by atoms with van der Waals surface area (Å²) in [5.41, 5.74) is 1.39. The van der Waals surface area contributed by atoms with E-state index in [4.69, 9.17) is 0 Å². The molecule has 90 valence electrons. The molecule has 1 aromatic heterocycles. The largest absolute Gasteiger partial charge is 0.315 e. The molecule has 1 N–H and O–H groups in total. The van der Waals surface area contributed by atoms with Gasteiger partial charge in [-0.05, 0) is 53.0 Å². The van der Waals surface area contributed by atoms with E-state index in [9.17, 15) is 0 Å². The van der Waals surface area contributed by atoms with Gasteiger partial charge in [0.2, 0.25) is 0 Å². The first-order valence-corrected chi connectivity index (χ1v) is 5.72. The fourth-order valence-electron chi connectivity index (χ4n) is 1.77. The van der Waals surface area contributed by atoms with Crippen LogP contribution >= 0.6 is 0 Å². The number of aromatic nitrogens is 1. The van der Waals surface area contributed by atoms with Crippen molar-refractivity contribution in [2.24, 2.45) is 0 Å². The predicted octanol–water partition coefficient (Wildman–Crippen LogP) is 1.55. The van der Waals surface area contributed by atoms with Gasteiger partial charge in [0, 0.05) is 24.0 Å². The zero-order valence-corrected chi connectivity index (χ0v) is 11.0. The summed E-state index contributed by atoms with van der Waals surface area (Å²) in [5.74, 6) is 0. The number of rotatable bonds is 5. The Labute approximate surface area is 98.9 Å². The molecule has 0 saturated heterocycles. The van der Waals surface area contributed by atoms with Crippen LogP contribution in [0.3, 0.4) is 0 Å². The van der Waals surface area contributed by atoms with Crippen molar-refractivity contribution in [2.75, 3.05) is 21.1 Å². The molecule has 1 atom stereocenters. The summed E-state index contributed by atoms with van der Waals surface area (Å²) in [6.07, 6.45) is 4.75. The molecular weight excluding hydrogens is 198 g/mol. The van der Waals surface area contributed by atoms with Crippen LogP contribution in [0.1, 0.15) is 19.4 Å². The molecule has 16 heavy (non-hydrogen) atoms. The third-order valence-electron chi connectivity index (χ3n) is 3.52. The van der Waals surface area contributed by atoms with Gasteiger partial charge in [0.25, 0.3) is 0 Å². The second-order valence-corrected chi connectivity index (χ2v) is 4.95. The van der Waals surface area contributed by atoms with Gasteiger partial charge in [-0.25, -0.2) is 0 Å². The minimum atomic E-state index is 0.116. The average molecular weight is 221 g/mol. The summed E-state index contributed by atoms with van der Waals surface area (Å²) < 4.78 is 0. The Bertz CT molecular complexity index is 306. The van der Waals surface area contributed by atoms with Crippen LogP contribution in [-0.2, 0) is 6.42 Å². The molecule has 1 heterocycles. The van der Waals surface area contributed by atoms with Crippen molar-refractivity contribution in [3.05, 3.63) is 30.1 Å². The van der Waals surface area contributed by atoms with E-state index in [2.05, 4.69) is 49.2 Å². The molecule has 1 aromatic rings.